The van der Waals surface area contributed by atoms with Crippen LogP contribution in [-0.2, 0) is 4.74 Å². The predicted octanol–water partition coefficient (Wildman–Crippen LogP) is -2.02. The van der Waals surface area contributed by atoms with Crippen LogP contribution in [0.15, 0.2) is 30.6 Å². The minimum absolute atomic E-state index is 0. The third-order valence-electron chi connectivity index (χ3n) is 1.19. The van der Waals surface area contributed by atoms with Gasteiger partial charge in [-0.25, -0.2) is 0 Å². The molecular formula is C8H10INO2. The van der Waals surface area contributed by atoms with Gasteiger partial charge in [0.2, 0.25) is 0 Å². The zero-order valence-electron chi connectivity index (χ0n) is 6.74. The van der Waals surface area contributed by atoms with Crippen molar-refractivity contribution >= 4 is 6.09 Å². The van der Waals surface area contributed by atoms with Crippen molar-refractivity contribution in [3.8, 4) is 0 Å². The van der Waals surface area contributed by atoms with Crippen LogP contribution in [-0.4, -0.2) is 12.7 Å². The standard InChI is InChI=1S/C8H10NO2.HI/c1-2-11-8(10)9-6-4-3-5-7-9;/h3-7H,2H2,1H3;1H/q+1;/p-1. The molecule has 0 aliphatic rings. The van der Waals surface area contributed by atoms with Gasteiger partial charge in [-0.05, 0) is 6.92 Å². The monoisotopic (exact) mass is 279 g/mol. The molecule has 1 rings (SSSR count). The van der Waals surface area contributed by atoms with Gasteiger partial charge in [0.15, 0.2) is 12.4 Å². The van der Waals surface area contributed by atoms with E-state index in [0.717, 1.165) is 0 Å². The molecule has 4 heteroatoms. The molecule has 0 aliphatic heterocycles. The zero-order valence-corrected chi connectivity index (χ0v) is 8.89. The molecule has 3 nitrogen and oxygen atoms in total. The van der Waals surface area contributed by atoms with Crippen LogP contribution in [0.5, 0.6) is 0 Å². The van der Waals surface area contributed by atoms with E-state index in [9.17, 15) is 4.79 Å². The summed E-state index contributed by atoms with van der Waals surface area (Å²) in [5, 5.41) is 0. The molecule has 0 saturated carbocycles. The highest BCUT2D eigenvalue weighted by molar-refractivity contribution is 5.56. The number of hydrogen-bond donors (Lipinski definition) is 0. The second-order valence-electron chi connectivity index (χ2n) is 1.98. The minimum Gasteiger partial charge on any atom is -1.00 e. The number of nitrogens with zero attached hydrogens (tertiary/aromatic N) is 1. The van der Waals surface area contributed by atoms with Crippen molar-refractivity contribution in [1.82, 2.24) is 0 Å². The van der Waals surface area contributed by atoms with Crippen molar-refractivity contribution in [2.45, 2.75) is 6.92 Å². The van der Waals surface area contributed by atoms with Crippen LogP contribution in [0.1, 0.15) is 6.92 Å². The summed E-state index contributed by atoms with van der Waals surface area (Å²) in [4.78, 5) is 11.0. The molecule has 0 fully saturated rings. The molecule has 1 aromatic heterocycles. The van der Waals surface area contributed by atoms with Crippen molar-refractivity contribution in [2.75, 3.05) is 6.61 Å². The molecule has 66 valence electrons. The lowest BCUT2D eigenvalue weighted by molar-refractivity contribution is -0.586. The number of rotatable bonds is 1. The van der Waals surface area contributed by atoms with Gasteiger partial charge in [0.1, 0.15) is 0 Å². The van der Waals surface area contributed by atoms with Crippen molar-refractivity contribution in [2.24, 2.45) is 0 Å². The summed E-state index contributed by atoms with van der Waals surface area (Å²) in [5.74, 6) is 0. The molecule has 0 radical (unpaired) electrons. The number of carbonyl (C=O) groups is 1. The van der Waals surface area contributed by atoms with E-state index >= 15 is 0 Å². The number of hydrogen-bond acceptors (Lipinski definition) is 2. The van der Waals surface area contributed by atoms with Crippen LogP contribution in [0, 0.1) is 0 Å². The predicted molar refractivity (Wildman–Crippen MR) is 39.1 cm³/mol. The average molecular weight is 279 g/mol. The van der Waals surface area contributed by atoms with Gasteiger partial charge in [0.05, 0.1) is 6.61 Å². The lowest BCUT2D eigenvalue weighted by Gasteiger charge is -1.92. The number of aromatic nitrogens is 1. The Balaban J connectivity index is 0.00000121. The average Bonchev–Trinajstić information content (AvgIpc) is 2.07. The highest BCUT2D eigenvalue weighted by Gasteiger charge is 2.12. The summed E-state index contributed by atoms with van der Waals surface area (Å²) in [6.45, 7) is 2.18. The quantitative estimate of drug-likeness (QED) is 0.439. The molecule has 0 saturated heterocycles. The Kier molecular flexibility index (Phi) is 5.61. The van der Waals surface area contributed by atoms with Crippen molar-refractivity contribution in [1.29, 1.82) is 0 Å². The lowest BCUT2D eigenvalue weighted by Crippen LogP contribution is -3.00. The van der Waals surface area contributed by atoms with Gasteiger partial charge in [0.25, 0.3) is 0 Å². The van der Waals surface area contributed by atoms with Crippen LogP contribution in [0.4, 0.5) is 4.79 Å². The third kappa shape index (κ3) is 3.17. The molecule has 0 unspecified atom stereocenters. The summed E-state index contributed by atoms with van der Waals surface area (Å²) in [6.07, 6.45) is 2.96. The SMILES string of the molecule is CCOC(=O)[n+]1ccccc1.[I-]. The Hall–Kier alpha value is -0.650. The lowest BCUT2D eigenvalue weighted by atomic mass is 10.5. The first-order valence-electron chi connectivity index (χ1n) is 3.48. The number of halogens is 1. The fourth-order valence-corrected chi connectivity index (χ4v) is 0.718. The Morgan fingerprint density at radius 2 is 1.92 bits per heavy atom. The van der Waals surface area contributed by atoms with E-state index in [4.69, 9.17) is 4.74 Å². The smallest absolute Gasteiger partial charge is 0.601 e. The topological polar surface area (TPSA) is 30.2 Å². The fraction of sp³-hybridized carbons (Fsp3) is 0.250. The van der Waals surface area contributed by atoms with Crippen molar-refractivity contribution in [3.63, 3.8) is 0 Å². The first-order chi connectivity index (χ1) is 5.34. The molecule has 0 spiro atoms. The van der Waals surface area contributed by atoms with Crippen molar-refractivity contribution < 1.29 is 38.1 Å². The van der Waals surface area contributed by atoms with Gasteiger partial charge in [-0.1, -0.05) is 10.6 Å². The molecule has 0 N–H and O–H groups in total. The highest BCUT2D eigenvalue weighted by Crippen LogP contribution is 1.79. The third-order valence-corrected chi connectivity index (χ3v) is 1.19. The molecule has 0 aromatic carbocycles. The normalized spacial score (nSPS) is 8.42. The molecule has 0 bridgehead atoms. The van der Waals surface area contributed by atoms with E-state index < -0.39 is 0 Å². The van der Waals surface area contributed by atoms with Gasteiger partial charge in [-0.3, -0.25) is 0 Å². The molecule has 1 aromatic rings. The fourth-order valence-electron chi connectivity index (χ4n) is 0.718. The molecule has 1 heterocycles. The van der Waals surface area contributed by atoms with Gasteiger partial charge in [-0.15, -0.1) is 0 Å². The van der Waals surface area contributed by atoms with E-state index in [2.05, 4.69) is 0 Å². The Morgan fingerprint density at radius 1 is 1.33 bits per heavy atom. The first kappa shape index (κ1) is 11.4. The second kappa shape index (κ2) is 5.93. The van der Waals surface area contributed by atoms with E-state index in [1.165, 1.54) is 4.57 Å². The largest absolute Gasteiger partial charge is 1.00 e. The van der Waals surface area contributed by atoms with Crippen LogP contribution in [0.2, 0.25) is 0 Å². The first-order valence-corrected chi connectivity index (χ1v) is 3.48. The molecule has 0 atom stereocenters. The van der Waals surface area contributed by atoms with Gasteiger partial charge >= 0.3 is 6.09 Å². The van der Waals surface area contributed by atoms with Gasteiger partial charge < -0.3 is 28.7 Å². The summed E-state index contributed by atoms with van der Waals surface area (Å²) in [5.41, 5.74) is 0. The maximum Gasteiger partial charge on any atom is 0.601 e. The Morgan fingerprint density at radius 3 is 2.42 bits per heavy atom. The van der Waals surface area contributed by atoms with E-state index in [-0.39, 0.29) is 30.1 Å². The molecular weight excluding hydrogens is 269 g/mol. The van der Waals surface area contributed by atoms with Crippen molar-refractivity contribution in [3.05, 3.63) is 30.6 Å². The number of ether oxygens (including phenoxy) is 1. The summed E-state index contributed by atoms with van der Waals surface area (Å²) in [6, 6.07) is 5.39. The van der Waals surface area contributed by atoms with Crippen LogP contribution in [0.3, 0.4) is 0 Å². The molecule has 0 amide bonds. The van der Waals surface area contributed by atoms with Crippen LogP contribution < -0.4 is 28.5 Å². The van der Waals surface area contributed by atoms with Crippen LogP contribution >= 0.6 is 0 Å². The highest BCUT2D eigenvalue weighted by atomic mass is 127. The van der Waals surface area contributed by atoms with Gasteiger partial charge in [0, 0.05) is 12.1 Å². The van der Waals surface area contributed by atoms with Crippen LogP contribution in [0.25, 0.3) is 0 Å². The maximum atomic E-state index is 11.0. The summed E-state index contributed by atoms with van der Waals surface area (Å²) in [7, 11) is 0. The Labute approximate surface area is 88.4 Å². The van der Waals surface area contributed by atoms with Gasteiger partial charge in [-0.2, -0.15) is 4.79 Å². The summed E-state index contributed by atoms with van der Waals surface area (Å²) >= 11 is 0. The van der Waals surface area contributed by atoms with E-state index in [1.807, 2.05) is 6.07 Å². The molecule has 12 heavy (non-hydrogen) atoms. The number of pyridine rings is 1. The second-order valence-corrected chi connectivity index (χ2v) is 1.98. The molecule has 0 aliphatic carbocycles. The van der Waals surface area contributed by atoms with E-state index in [0.29, 0.717) is 6.61 Å². The Bertz CT molecular complexity index is 238. The zero-order chi connectivity index (χ0) is 8.10. The maximum absolute atomic E-state index is 11.0. The summed E-state index contributed by atoms with van der Waals surface area (Å²) < 4.78 is 6.14. The minimum atomic E-state index is -0.340. The number of carbonyl (C=O) groups excluding carboxylic acids is 1. The van der Waals surface area contributed by atoms with E-state index in [1.54, 1.807) is 31.5 Å².